The van der Waals surface area contributed by atoms with Crippen molar-refractivity contribution in [1.82, 2.24) is 0 Å². The monoisotopic (exact) mass is 201 g/mol. The second-order valence-electron chi connectivity index (χ2n) is 2.00. The van der Waals surface area contributed by atoms with E-state index in [1.54, 1.807) is 12.1 Å². The number of aliphatic hydroxyl groups is 1. The number of rotatable bonds is 1. The van der Waals surface area contributed by atoms with Crippen LogP contribution in [0, 0.1) is 0 Å². The smallest absolute Gasteiger partial charge is 0.128 e. The van der Waals surface area contributed by atoms with Gasteiger partial charge in [0.15, 0.2) is 0 Å². The Balaban J connectivity index is 2.89. The molecule has 1 unspecified atom stereocenters. The lowest BCUT2D eigenvalue weighted by Crippen LogP contribution is -2.07. The van der Waals surface area contributed by atoms with Crippen molar-refractivity contribution in [2.24, 2.45) is 5.73 Å². The third kappa shape index (κ3) is 1.80. The summed E-state index contributed by atoms with van der Waals surface area (Å²) in [6.45, 7) is 0. The number of benzene rings is 1. The fraction of sp³-hybridized carbons (Fsp3) is 0.143. The molecule has 0 amide bonds. The fourth-order valence-electron chi connectivity index (χ4n) is 0.660. The maximum absolute atomic E-state index is 8.88. The van der Waals surface area contributed by atoms with E-state index in [0.717, 1.165) is 10.0 Å². The van der Waals surface area contributed by atoms with E-state index in [9.17, 15) is 0 Å². The van der Waals surface area contributed by atoms with Crippen molar-refractivity contribution in [2.45, 2.75) is 6.23 Å². The van der Waals surface area contributed by atoms with Gasteiger partial charge in [0.05, 0.1) is 0 Å². The molecule has 0 bridgehead atoms. The lowest BCUT2D eigenvalue weighted by atomic mass is 10.2. The van der Waals surface area contributed by atoms with Crippen LogP contribution in [0.3, 0.4) is 0 Å². The molecule has 1 rings (SSSR count). The number of hydrogen-bond acceptors (Lipinski definition) is 2. The van der Waals surface area contributed by atoms with Crippen LogP contribution in [0.15, 0.2) is 28.7 Å². The summed E-state index contributed by atoms with van der Waals surface area (Å²) in [5.74, 6) is 0. The minimum Gasteiger partial charge on any atom is -0.375 e. The van der Waals surface area contributed by atoms with Gasteiger partial charge in [-0.2, -0.15) is 0 Å². The van der Waals surface area contributed by atoms with E-state index < -0.39 is 6.23 Å². The molecule has 0 aliphatic carbocycles. The van der Waals surface area contributed by atoms with Crippen molar-refractivity contribution in [3.05, 3.63) is 34.3 Å². The maximum atomic E-state index is 8.88. The molecule has 54 valence electrons. The Bertz CT molecular complexity index is 207. The van der Waals surface area contributed by atoms with Gasteiger partial charge >= 0.3 is 0 Å². The molecular formula is C7H8BrNO. The van der Waals surface area contributed by atoms with Crippen LogP contribution in [0.4, 0.5) is 0 Å². The molecule has 0 aromatic heterocycles. The second kappa shape index (κ2) is 3.14. The van der Waals surface area contributed by atoms with Gasteiger partial charge in [-0.25, -0.2) is 0 Å². The molecule has 1 aromatic rings. The summed E-state index contributed by atoms with van der Waals surface area (Å²) in [7, 11) is 0. The average Bonchev–Trinajstić information content (AvgIpc) is 1.88. The summed E-state index contributed by atoms with van der Waals surface area (Å²) >= 11 is 3.27. The number of nitrogens with two attached hydrogens (primary N) is 1. The van der Waals surface area contributed by atoms with Crippen molar-refractivity contribution >= 4 is 15.9 Å². The van der Waals surface area contributed by atoms with Crippen LogP contribution < -0.4 is 5.73 Å². The molecule has 0 aliphatic heterocycles. The number of hydrogen-bond donors (Lipinski definition) is 2. The standard InChI is InChI=1S/C7H8BrNO/c8-6-3-1-5(2-4-6)7(9)10/h1-4,7,10H,9H2. The topological polar surface area (TPSA) is 46.2 Å². The molecule has 3 heteroatoms. The first-order valence-corrected chi connectivity index (χ1v) is 3.68. The van der Waals surface area contributed by atoms with E-state index >= 15 is 0 Å². The summed E-state index contributed by atoms with van der Waals surface area (Å²) in [6.07, 6.45) is -0.867. The van der Waals surface area contributed by atoms with Gasteiger partial charge in [0.1, 0.15) is 6.23 Å². The normalized spacial score (nSPS) is 13.1. The van der Waals surface area contributed by atoms with Gasteiger partial charge in [-0.1, -0.05) is 28.1 Å². The molecule has 0 spiro atoms. The minimum atomic E-state index is -0.867. The van der Waals surface area contributed by atoms with Crippen LogP contribution in [0.2, 0.25) is 0 Å². The fourth-order valence-corrected chi connectivity index (χ4v) is 0.924. The Morgan fingerprint density at radius 2 is 1.80 bits per heavy atom. The highest BCUT2D eigenvalue weighted by Gasteiger charge is 1.97. The lowest BCUT2D eigenvalue weighted by Gasteiger charge is -2.02. The predicted octanol–water partition coefficient (Wildman–Crippen LogP) is 1.40. The molecule has 0 radical (unpaired) electrons. The summed E-state index contributed by atoms with van der Waals surface area (Å²) in [4.78, 5) is 0. The molecule has 0 saturated heterocycles. The molecule has 0 saturated carbocycles. The minimum absolute atomic E-state index is 0.725. The van der Waals surface area contributed by atoms with Gasteiger partial charge in [-0.3, -0.25) is 0 Å². The third-order valence-electron chi connectivity index (χ3n) is 1.21. The summed E-state index contributed by atoms with van der Waals surface area (Å²) in [5.41, 5.74) is 5.93. The Labute approximate surface area is 67.8 Å². The van der Waals surface area contributed by atoms with Gasteiger partial charge in [0.25, 0.3) is 0 Å². The molecule has 10 heavy (non-hydrogen) atoms. The van der Waals surface area contributed by atoms with E-state index in [0.29, 0.717) is 0 Å². The molecule has 0 aliphatic rings. The van der Waals surface area contributed by atoms with Crippen LogP contribution in [0.1, 0.15) is 11.8 Å². The van der Waals surface area contributed by atoms with E-state index in [-0.39, 0.29) is 0 Å². The predicted molar refractivity (Wildman–Crippen MR) is 43.3 cm³/mol. The average molecular weight is 202 g/mol. The molecule has 0 fully saturated rings. The molecular weight excluding hydrogens is 194 g/mol. The zero-order chi connectivity index (χ0) is 7.56. The van der Waals surface area contributed by atoms with Crippen LogP contribution in [0.5, 0.6) is 0 Å². The van der Waals surface area contributed by atoms with Gasteiger partial charge in [-0.05, 0) is 17.7 Å². The van der Waals surface area contributed by atoms with Crippen molar-refractivity contribution < 1.29 is 5.11 Å². The number of halogens is 1. The van der Waals surface area contributed by atoms with Gasteiger partial charge < -0.3 is 10.8 Å². The summed E-state index contributed by atoms with van der Waals surface area (Å²) in [6, 6.07) is 7.22. The van der Waals surface area contributed by atoms with E-state index in [2.05, 4.69) is 15.9 Å². The Morgan fingerprint density at radius 3 is 2.20 bits per heavy atom. The van der Waals surface area contributed by atoms with Crippen LogP contribution in [-0.4, -0.2) is 5.11 Å². The van der Waals surface area contributed by atoms with Crippen molar-refractivity contribution in [3.63, 3.8) is 0 Å². The zero-order valence-corrected chi connectivity index (χ0v) is 6.88. The van der Waals surface area contributed by atoms with E-state index in [1.807, 2.05) is 12.1 Å². The Kier molecular flexibility index (Phi) is 2.43. The highest BCUT2D eigenvalue weighted by molar-refractivity contribution is 9.10. The number of aliphatic hydroxyl groups excluding tert-OH is 1. The first-order chi connectivity index (χ1) is 4.70. The molecule has 1 aromatic carbocycles. The van der Waals surface area contributed by atoms with Crippen LogP contribution >= 0.6 is 15.9 Å². The van der Waals surface area contributed by atoms with Crippen LogP contribution in [0.25, 0.3) is 0 Å². The molecule has 1 atom stereocenters. The van der Waals surface area contributed by atoms with E-state index in [1.165, 1.54) is 0 Å². The Morgan fingerprint density at radius 1 is 1.30 bits per heavy atom. The van der Waals surface area contributed by atoms with Crippen molar-refractivity contribution in [2.75, 3.05) is 0 Å². The van der Waals surface area contributed by atoms with Crippen molar-refractivity contribution in [1.29, 1.82) is 0 Å². The Hall–Kier alpha value is -0.380. The lowest BCUT2D eigenvalue weighted by molar-refractivity contribution is 0.186. The molecule has 0 heterocycles. The van der Waals surface area contributed by atoms with Gasteiger partial charge in [0.2, 0.25) is 0 Å². The first-order valence-electron chi connectivity index (χ1n) is 2.89. The molecule has 3 N–H and O–H groups in total. The van der Waals surface area contributed by atoms with E-state index in [4.69, 9.17) is 10.8 Å². The van der Waals surface area contributed by atoms with Gasteiger partial charge in [0, 0.05) is 4.47 Å². The summed E-state index contributed by atoms with van der Waals surface area (Å²) in [5, 5.41) is 8.88. The van der Waals surface area contributed by atoms with Gasteiger partial charge in [-0.15, -0.1) is 0 Å². The molecule has 2 nitrogen and oxygen atoms in total. The zero-order valence-electron chi connectivity index (χ0n) is 5.29. The van der Waals surface area contributed by atoms with Crippen molar-refractivity contribution in [3.8, 4) is 0 Å². The SMILES string of the molecule is NC(O)c1ccc(Br)cc1. The highest BCUT2D eigenvalue weighted by Crippen LogP contribution is 2.13. The maximum Gasteiger partial charge on any atom is 0.128 e. The summed E-state index contributed by atoms with van der Waals surface area (Å²) < 4.78 is 0.983. The first kappa shape index (κ1) is 7.72. The largest absolute Gasteiger partial charge is 0.375 e. The second-order valence-corrected chi connectivity index (χ2v) is 2.91. The quantitative estimate of drug-likeness (QED) is 0.676. The van der Waals surface area contributed by atoms with Crippen LogP contribution in [-0.2, 0) is 0 Å². The third-order valence-corrected chi connectivity index (χ3v) is 1.74. The highest BCUT2D eigenvalue weighted by atomic mass is 79.9.